The van der Waals surface area contributed by atoms with E-state index in [2.05, 4.69) is 44.3 Å². The summed E-state index contributed by atoms with van der Waals surface area (Å²) >= 11 is 0. The fourth-order valence-corrected chi connectivity index (χ4v) is 2.45. The van der Waals surface area contributed by atoms with Crippen LogP contribution >= 0.6 is 0 Å². The van der Waals surface area contributed by atoms with Gasteiger partial charge < -0.3 is 4.90 Å². The Bertz CT molecular complexity index is 579. The molecule has 1 aliphatic heterocycles. The number of nitrogen functional groups attached to an aromatic ring is 1. The smallest absolute Gasteiger partial charge is 0.241 e. The Kier molecular flexibility index (Phi) is 2.78. The molecule has 0 aliphatic carbocycles. The number of nitrogens with one attached hydrogen (secondary N) is 2. The topological polar surface area (TPSA) is 95.8 Å². The number of rotatable bonds is 2. The number of hydrogen-bond donors (Lipinski definition) is 3. The van der Waals surface area contributed by atoms with Crippen molar-refractivity contribution in [1.29, 1.82) is 0 Å². The fraction of sp³-hybridized carbons (Fsp3) is 0.583. The molecular weight excluding hydrogens is 242 g/mol. The number of anilines is 2. The van der Waals surface area contributed by atoms with Crippen LogP contribution in [-0.4, -0.2) is 33.3 Å². The molecule has 0 unspecified atom stereocenters. The predicted molar refractivity (Wildman–Crippen MR) is 74.7 cm³/mol. The van der Waals surface area contributed by atoms with Crippen molar-refractivity contribution in [2.45, 2.75) is 26.7 Å². The van der Waals surface area contributed by atoms with Crippen LogP contribution in [0.4, 0.5) is 11.8 Å². The molecule has 1 saturated heterocycles. The first-order valence-electron chi connectivity index (χ1n) is 6.52. The zero-order valence-corrected chi connectivity index (χ0v) is 11.3. The maximum Gasteiger partial charge on any atom is 0.241 e. The van der Waals surface area contributed by atoms with Gasteiger partial charge in [-0.15, -0.1) is 0 Å². The second kappa shape index (κ2) is 4.34. The van der Waals surface area contributed by atoms with Crippen molar-refractivity contribution in [2.75, 3.05) is 23.4 Å². The van der Waals surface area contributed by atoms with Crippen LogP contribution < -0.4 is 16.2 Å². The van der Waals surface area contributed by atoms with Crippen LogP contribution in [0.5, 0.6) is 0 Å². The summed E-state index contributed by atoms with van der Waals surface area (Å²) in [6.45, 7) is 6.61. The molecule has 7 heteroatoms. The highest BCUT2D eigenvalue weighted by Gasteiger charge is 2.27. The first-order valence-corrected chi connectivity index (χ1v) is 6.52. The average molecular weight is 261 g/mol. The Hall–Kier alpha value is -1.89. The van der Waals surface area contributed by atoms with Gasteiger partial charge >= 0.3 is 0 Å². The monoisotopic (exact) mass is 261 g/mol. The molecule has 3 rings (SSSR count). The second-order valence-electron chi connectivity index (χ2n) is 5.80. The minimum Gasteiger partial charge on any atom is -0.356 e. The molecular formula is C12H19N7. The van der Waals surface area contributed by atoms with Gasteiger partial charge in [0, 0.05) is 13.1 Å². The summed E-state index contributed by atoms with van der Waals surface area (Å²) in [4.78, 5) is 11.0. The average Bonchev–Trinajstić information content (AvgIpc) is 2.86. The van der Waals surface area contributed by atoms with Crippen LogP contribution in [0.1, 0.15) is 26.7 Å². The van der Waals surface area contributed by atoms with Gasteiger partial charge in [-0.1, -0.05) is 13.8 Å². The molecule has 3 heterocycles. The number of fused-ring (bicyclic) bond motifs is 1. The van der Waals surface area contributed by atoms with Crippen LogP contribution in [0.3, 0.4) is 0 Å². The number of aromatic nitrogens is 4. The van der Waals surface area contributed by atoms with E-state index in [0.717, 1.165) is 37.1 Å². The molecule has 1 aliphatic rings. The molecule has 0 bridgehead atoms. The number of aromatic amines is 1. The summed E-state index contributed by atoms with van der Waals surface area (Å²) in [5.74, 6) is 6.74. The summed E-state index contributed by atoms with van der Waals surface area (Å²) in [6.07, 6.45) is 4.08. The van der Waals surface area contributed by atoms with E-state index in [0.29, 0.717) is 17.0 Å². The Balaban J connectivity index is 1.98. The molecule has 0 aromatic carbocycles. The number of nitrogens with zero attached hydrogens (tertiary/aromatic N) is 4. The van der Waals surface area contributed by atoms with Crippen LogP contribution in [0, 0.1) is 5.41 Å². The lowest BCUT2D eigenvalue weighted by atomic mass is 9.83. The minimum absolute atomic E-state index is 0.411. The van der Waals surface area contributed by atoms with E-state index in [-0.39, 0.29) is 0 Å². The van der Waals surface area contributed by atoms with Gasteiger partial charge in [-0.25, -0.2) is 5.84 Å². The molecule has 0 amide bonds. The summed E-state index contributed by atoms with van der Waals surface area (Å²) in [5, 5.41) is 7.85. The number of hydrazine groups is 1. The summed E-state index contributed by atoms with van der Waals surface area (Å²) in [7, 11) is 0. The van der Waals surface area contributed by atoms with Gasteiger partial charge in [-0.2, -0.15) is 15.1 Å². The number of piperidine rings is 1. The number of hydrogen-bond acceptors (Lipinski definition) is 6. The van der Waals surface area contributed by atoms with E-state index in [9.17, 15) is 0 Å². The van der Waals surface area contributed by atoms with Gasteiger partial charge in [0.25, 0.3) is 0 Å². The molecule has 0 saturated carbocycles. The molecule has 1 fully saturated rings. The van der Waals surface area contributed by atoms with Crippen LogP contribution in [0.15, 0.2) is 6.20 Å². The van der Waals surface area contributed by atoms with Crippen molar-refractivity contribution < 1.29 is 0 Å². The van der Waals surface area contributed by atoms with Gasteiger partial charge in [-0.3, -0.25) is 10.5 Å². The largest absolute Gasteiger partial charge is 0.356 e. The van der Waals surface area contributed by atoms with Crippen LogP contribution in [0.2, 0.25) is 0 Å². The van der Waals surface area contributed by atoms with Crippen LogP contribution in [-0.2, 0) is 0 Å². The zero-order valence-electron chi connectivity index (χ0n) is 11.3. The van der Waals surface area contributed by atoms with Crippen LogP contribution in [0.25, 0.3) is 11.0 Å². The van der Waals surface area contributed by atoms with E-state index in [4.69, 9.17) is 5.84 Å². The SMILES string of the molecule is CC1(C)CCN(c2nc(NN)nc3[nH]ncc23)CC1. The molecule has 0 atom stereocenters. The standard InChI is InChI=1S/C12H19N7/c1-12(2)3-5-19(6-4-12)10-8-7-14-18-9(8)15-11(16-10)17-13/h7H,3-6,13H2,1-2H3,(H2,14,15,16,17,18). The Morgan fingerprint density at radius 3 is 2.74 bits per heavy atom. The zero-order chi connectivity index (χ0) is 13.5. The van der Waals surface area contributed by atoms with Gasteiger partial charge in [0.15, 0.2) is 5.65 Å². The lowest BCUT2D eigenvalue weighted by Crippen LogP contribution is -2.38. The van der Waals surface area contributed by atoms with Gasteiger partial charge in [0.05, 0.1) is 11.6 Å². The number of nitrogens with two attached hydrogens (primary N) is 1. The first kappa shape index (κ1) is 12.2. The summed E-state index contributed by atoms with van der Waals surface area (Å²) in [6, 6.07) is 0. The normalized spacial score (nSPS) is 18.8. The fourth-order valence-electron chi connectivity index (χ4n) is 2.45. The highest BCUT2D eigenvalue weighted by Crippen LogP contribution is 2.33. The number of H-pyrrole nitrogens is 1. The lowest BCUT2D eigenvalue weighted by molar-refractivity contribution is 0.279. The van der Waals surface area contributed by atoms with Crippen molar-refractivity contribution >= 4 is 22.8 Å². The molecule has 0 radical (unpaired) electrons. The van der Waals surface area contributed by atoms with Gasteiger partial charge in [0.1, 0.15) is 5.82 Å². The third kappa shape index (κ3) is 2.21. The third-order valence-electron chi connectivity index (χ3n) is 3.84. The second-order valence-corrected chi connectivity index (χ2v) is 5.80. The quantitative estimate of drug-likeness (QED) is 0.556. The third-order valence-corrected chi connectivity index (χ3v) is 3.84. The summed E-state index contributed by atoms with van der Waals surface area (Å²) < 4.78 is 0. The van der Waals surface area contributed by atoms with Crippen molar-refractivity contribution in [3.63, 3.8) is 0 Å². The molecule has 19 heavy (non-hydrogen) atoms. The Morgan fingerprint density at radius 2 is 2.05 bits per heavy atom. The van der Waals surface area contributed by atoms with Crippen molar-refractivity contribution in [1.82, 2.24) is 20.2 Å². The van der Waals surface area contributed by atoms with Gasteiger partial charge in [0.2, 0.25) is 5.95 Å². The highest BCUT2D eigenvalue weighted by atomic mass is 15.3. The van der Waals surface area contributed by atoms with Gasteiger partial charge in [-0.05, 0) is 18.3 Å². The summed E-state index contributed by atoms with van der Waals surface area (Å²) in [5.41, 5.74) is 3.63. The van der Waals surface area contributed by atoms with E-state index < -0.39 is 0 Å². The molecule has 4 N–H and O–H groups in total. The molecule has 0 spiro atoms. The Morgan fingerprint density at radius 1 is 1.32 bits per heavy atom. The van der Waals surface area contributed by atoms with Crippen molar-refractivity contribution in [2.24, 2.45) is 11.3 Å². The lowest BCUT2D eigenvalue weighted by Gasteiger charge is -2.37. The van der Waals surface area contributed by atoms with E-state index in [1.807, 2.05) is 0 Å². The van der Waals surface area contributed by atoms with Crippen molar-refractivity contribution in [3.05, 3.63) is 6.20 Å². The maximum absolute atomic E-state index is 5.42. The maximum atomic E-state index is 5.42. The first-order chi connectivity index (χ1) is 9.09. The highest BCUT2D eigenvalue weighted by molar-refractivity contribution is 5.87. The van der Waals surface area contributed by atoms with E-state index >= 15 is 0 Å². The van der Waals surface area contributed by atoms with E-state index in [1.54, 1.807) is 6.20 Å². The predicted octanol–water partition coefficient (Wildman–Crippen LogP) is 1.26. The van der Waals surface area contributed by atoms with E-state index in [1.165, 1.54) is 0 Å². The minimum atomic E-state index is 0.411. The van der Waals surface area contributed by atoms with Crippen molar-refractivity contribution in [3.8, 4) is 0 Å². The molecule has 2 aromatic heterocycles. The molecule has 2 aromatic rings. The molecule has 102 valence electrons. The molecule has 7 nitrogen and oxygen atoms in total. The Labute approximate surface area is 111 Å².